The molecule has 0 N–H and O–H groups in total. The quantitative estimate of drug-likeness (QED) is 0.752. The lowest BCUT2D eigenvalue weighted by atomic mass is 9.94. The molecule has 0 spiro atoms. The Morgan fingerprint density at radius 2 is 1.83 bits per heavy atom. The fraction of sp³-hybridized carbons (Fsp3) is 0.562. The average Bonchev–Trinajstić information content (AvgIpc) is 2.39. The molecule has 1 aliphatic rings. The molecule has 1 aromatic rings. The van der Waals surface area contributed by atoms with Crippen LogP contribution in [0.1, 0.15) is 60.5 Å². The molecule has 2 nitrogen and oxygen atoms in total. The van der Waals surface area contributed by atoms with Crippen molar-refractivity contribution in [2.45, 2.75) is 46.0 Å². The van der Waals surface area contributed by atoms with E-state index in [1.165, 1.54) is 30.5 Å². The molecule has 0 radical (unpaired) electrons. The van der Waals surface area contributed by atoms with E-state index < -0.39 is 0 Å². The molecular weight excluding hydrogens is 222 g/mol. The summed E-state index contributed by atoms with van der Waals surface area (Å²) in [5, 5.41) is 0. The molecule has 1 aliphatic heterocycles. The van der Waals surface area contributed by atoms with Crippen LogP contribution in [0.3, 0.4) is 0 Å². The van der Waals surface area contributed by atoms with Crippen LogP contribution in [0.5, 0.6) is 0 Å². The Bertz CT molecular complexity index is 431. The first-order valence-corrected chi connectivity index (χ1v) is 6.98. The summed E-state index contributed by atoms with van der Waals surface area (Å²) in [7, 11) is 0. The van der Waals surface area contributed by atoms with Crippen molar-refractivity contribution in [2.24, 2.45) is 0 Å². The summed E-state index contributed by atoms with van der Waals surface area (Å²) in [6.45, 7) is 8.74. The maximum absolute atomic E-state index is 11.1. The molecule has 1 aromatic carbocycles. The van der Waals surface area contributed by atoms with Crippen LogP contribution in [0.2, 0.25) is 0 Å². The Balaban J connectivity index is 2.43. The molecule has 0 atom stereocenters. The number of aryl methyl sites for hydroxylation is 1. The highest BCUT2D eigenvalue weighted by atomic mass is 16.1. The summed E-state index contributed by atoms with van der Waals surface area (Å²) < 4.78 is 0. The van der Waals surface area contributed by atoms with E-state index in [9.17, 15) is 4.79 Å². The third-order valence-electron chi connectivity index (χ3n) is 3.86. The van der Waals surface area contributed by atoms with Crippen molar-refractivity contribution >= 4 is 12.0 Å². The van der Waals surface area contributed by atoms with Crippen molar-refractivity contribution in [1.82, 2.24) is 0 Å². The molecule has 0 saturated carbocycles. The van der Waals surface area contributed by atoms with Gasteiger partial charge >= 0.3 is 0 Å². The molecule has 98 valence electrons. The molecule has 18 heavy (non-hydrogen) atoms. The monoisotopic (exact) mass is 245 g/mol. The third kappa shape index (κ3) is 2.58. The van der Waals surface area contributed by atoms with E-state index in [0.717, 1.165) is 30.5 Å². The van der Waals surface area contributed by atoms with E-state index in [1.807, 2.05) is 6.92 Å². The first kappa shape index (κ1) is 13.1. The highest BCUT2D eigenvalue weighted by Gasteiger charge is 2.17. The number of hydrogen-bond donors (Lipinski definition) is 0. The number of rotatable bonds is 3. The Morgan fingerprint density at radius 3 is 2.39 bits per heavy atom. The first-order valence-electron chi connectivity index (χ1n) is 6.98. The summed E-state index contributed by atoms with van der Waals surface area (Å²) in [5.41, 5.74) is 4.58. The number of anilines is 1. The van der Waals surface area contributed by atoms with Crippen molar-refractivity contribution < 1.29 is 4.79 Å². The predicted octanol–water partition coefficient (Wildman–Crippen LogP) is 3.92. The van der Waals surface area contributed by atoms with Crippen molar-refractivity contribution in [3.63, 3.8) is 0 Å². The maximum Gasteiger partial charge on any atom is 0.150 e. The summed E-state index contributed by atoms with van der Waals surface area (Å²) in [6.07, 6.45) is 4.89. The molecule has 2 heteroatoms. The standard InChI is InChI=1S/C16H23NO/c1-12(2)15-10-14(11-18)13(3)9-16(15)17-7-5-4-6-8-17/h9-12H,4-8H2,1-3H3. The van der Waals surface area contributed by atoms with Gasteiger partial charge in [0.05, 0.1) is 0 Å². The number of carbonyl (C=O) groups is 1. The molecular formula is C16H23NO. The van der Waals surface area contributed by atoms with Crippen molar-refractivity contribution in [1.29, 1.82) is 0 Å². The topological polar surface area (TPSA) is 20.3 Å². The highest BCUT2D eigenvalue weighted by molar-refractivity contribution is 5.80. The van der Waals surface area contributed by atoms with Gasteiger partial charge < -0.3 is 4.90 Å². The number of piperidine rings is 1. The fourth-order valence-corrected chi connectivity index (χ4v) is 2.73. The Morgan fingerprint density at radius 1 is 1.17 bits per heavy atom. The molecule has 0 amide bonds. The van der Waals surface area contributed by atoms with Gasteiger partial charge in [0.1, 0.15) is 6.29 Å². The molecule has 1 heterocycles. The minimum Gasteiger partial charge on any atom is -0.371 e. The van der Waals surface area contributed by atoms with Gasteiger partial charge in [0, 0.05) is 24.3 Å². The second-order valence-corrected chi connectivity index (χ2v) is 5.59. The Hall–Kier alpha value is -1.31. The number of aldehydes is 1. The van der Waals surface area contributed by atoms with Crippen LogP contribution < -0.4 is 4.90 Å². The van der Waals surface area contributed by atoms with Crippen LogP contribution in [-0.4, -0.2) is 19.4 Å². The highest BCUT2D eigenvalue weighted by Crippen LogP contribution is 2.32. The molecule has 0 unspecified atom stereocenters. The fourth-order valence-electron chi connectivity index (χ4n) is 2.73. The molecule has 1 saturated heterocycles. The summed E-state index contributed by atoms with van der Waals surface area (Å²) >= 11 is 0. The van der Waals surface area contributed by atoms with Crippen LogP contribution >= 0.6 is 0 Å². The second kappa shape index (κ2) is 5.55. The lowest BCUT2D eigenvalue weighted by Crippen LogP contribution is -2.30. The minimum atomic E-state index is 0.459. The van der Waals surface area contributed by atoms with Gasteiger partial charge in [-0.2, -0.15) is 0 Å². The van der Waals surface area contributed by atoms with E-state index in [2.05, 4.69) is 30.9 Å². The van der Waals surface area contributed by atoms with Crippen LogP contribution in [0, 0.1) is 6.92 Å². The van der Waals surface area contributed by atoms with E-state index in [4.69, 9.17) is 0 Å². The number of benzene rings is 1. The number of nitrogens with zero attached hydrogens (tertiary/aromatic N) is 1. The summed E-state index contributed by atoms with van der Waals surface area (Å²) in [4.78, 5) is 13.6. The maximum atomic E-state index is 11.1. The molecule has 0 bridgehead atoms. The van der Waals surface area contributed by atoms with Gasteiger partial charge in [-0.1, -0.05) is 13.8 Å². The number of carbonyl (C=O) groups excluding carboxylic acids is 1. The zero-order valence-corrected chi connectivity index (χ0v) is 11.7. The first-order chi connectivity index (χ1) is 8.63. The molecule has 0 aromatic heterocycles. The normalized spacial score (nSPS) is 16.1. The molecule has 1 fully saturated rings. The minimum absolute atomic E-state index is 0.459. The van der Waals surface area contributed by atoms with Gasteiger partial charge in [-0.05, 0) is 55.4 Å². The van der Waals surface area contributed by atoms with Gasteiger partial charge in [-0.25, -0.2) is 0 Å². The van der Waals surface area contributed by atoms with Crippen molar-refractivity contribution in [3.05, 3.63) is 28.8 Å². The smallest absolute Gasteiger partial charge is 0.150 e. The SMILES string of the molecule is Cc1cc(N2CCCCC2)c(C(C)C)cc1C=O. The van der Waals surface area contributed by atoms with E-state index >= 15 is 0 Å². The van der Waals surface area contributed by atoms with Crippen LogP contribution in [0.25, 0.3) is 0 Å². The lowest BCUT2D eigenvalue weighted by molar-refractivity contribution is 0.112. The third-order valence-corrected chi connectivity index (χ3v) is 3.86. The zero-order valence-electron chi connectivity index (χ0n) is 11.7. The van der Waals surface area contributed by atoms with Gasteiger partial charge in [0.2, 0.25) is 0 Å². The van der Waals surface area contributed by atoms with Gasteiger partial charge in [0.15, 0.2) is 0 Å². The largest absolute Gasteiger partial charge is 0.371 e. The molecule has 0 aliphatic carbocycles. The lowest BCUT2D eigenvalue weighted by Gasteiger charge is -2.32. The average molecular weight is 245 g/mol. The van der Waals surface area contributed by atoms with Crippen LogP contribution in [-0.2, 0) is 0 Å². The second-order valence-electron chi connectivity index (χ2n) is 5.59. The van der Waals surface area contributed by atoms with E-state index in [1.54, 1.807) is 0 Å². The van der Waals surface area contributed by atoms with Crippen molar-refractivity contribution in [3.8, 4) is 0 Å². The van der Waals surface area contributed by atoms with Gasteiger partial charge in [-0.3, -0.25) is 4.79 Å². The Kier molecular flexibility index (Phi) is 4.05. The Labute approximate surface area is 110 Å². The van der Waals surface area contributed by atoms with Crippen molar-refractivity contribution in [2.75, 3.05) is 18.0 Å². The van der Waals surface area contributed by atoms with Gasteiger partial charge in [0.25, 0.3) is 0 Å². The van der Waals surface area contributed by atoms with Gasteiger partial charge in [-0.15, -0.1) is 0 Å². The summed E-state index contributed by atoms with van der Waals surface area (Å²) in [5.74, 6) is 0.459. The summed E-state index contributed by atoms with van der Waals surface area (Å²) in [6, 6.07) is 4.28. The zero-order chi connectivity index (χ0) is 13.1. The van der Waals surface area contributed by atoms with Crippen LogP contribution in [0.15, 0.2) is 12.1 Å². The van der Waals surface area contributed by atoms with E-state index in [0.29, 0.717) is 5.92 Å². The predicted molar refractivity (Wildman–Crippen MR) is 76.7 cm³/mol. The number of hydrogen-bond acceptors (Lipinski definition) is 2. The van der Waals surface area contributed by atoms with Crippen LogP contribution in [0.4, 0.5) is 5.69 Å². The molecule has 2 rings (SSSR count). The van der Waals surface area contributed by atoms with E-state index in [-0.39, 0.29) is 0 Å².